The molecule has 1 saturated heterocycles. The Balaban J connectivity index is 1.59. The molecule has 0 aromatic heterocycles. The predicted octanol–water partition coefficient (Wildman–Crippen LogP) is 3.48. The smallest absolute Gasteiger partial charge is 0.220 e. The van der Waals surface area contributed by atoms with Gasteiger partial charge in [0, 0.05) is 19.6 Å². The standard InChI is InChI=1S/C19H27NO2/c1-13-5-6-16(10-14(13)2)18(15-7-8-15)11-19(21)20-12-17-4-3-9-22-17/h5-6,10,15,17-18H,3-4,7-9,11-12H2,1-2H3,(H,20,21). The van der Waals surface area contributed by atoms with Crippen LogP contribution in [-0.2, 0) is 9.53 Å². The Morgan fingerprint density at radius 3 is 2.73 bits per heavy atom. The summed E-state index contributed by atoms with van der Waals surface area (Å²) in [4.78, 5) is 12.3. The Bertz CT molecular complexity index is 530. The molecule has 1 aromatic carbocycles. The first kappa shape index (κ1) is 15.5. The second-order valence-corrected chi connectivity index (χ2v) is 6.93. The van der Waals surface area contributed by atoms with E-state index in [1.807, 2.05) is 0 Å². The fraction of sp³-hybridized carbons (Fsp3) is 0.632. The number of carbonyl (C=O) groups is 1. The summed E-state index contributed by atoms with van der Waals surface area (Å²) in [6.07, 6.45) is 5.55. The first-order valence-corrected chi connectivity index (χ1v) is 8.59. The molecule has 1 aliphatic carbocycles. The number of carbonyl (C=O) groups excluding carboxylic acids is 1. The van der Waals surface area contributed by atoms with Gasteiger partial charge in [-0.3, -0.25) is 4.79 Å². The first-order chi connectivity index (χ1) is 10.6. The van der Waals surface area contributed by atoms with E-state index >= 15 is 0 Å². The van der Waals surface area contributed by atoms with E-state index in [2.05, 4.69) is 37.4 Å². The van der Waals surface area contributed by atoms with Crippen LogP contribution >= 0.6 is 0 Å². The average molecular weight is 301 g/mol. The Morgan fingerprint density at radius 2 is 2.09 bits per heavy atom. The molecular formula is C19H27NO2. The van der Waals surface area contributed by atoms with Crippen LogP contribution < -0.4 is 5.32 Å². The van der Waals surface area contributed by atoms with Crippen molar-refractivity contribution in [3.63, 3.8) is 0 Å². The van der Waals surface area contributed by atoms with Crippen LogP contribution in [0.25, 0.3) is 0 Å². The zero-order valence-corrected chi connectivity index (χ0v) is 13.7. The van der Waals surface area contributed by atoms with Crippen molar-refractivity contribution >= 4 is 5.91 Å². The third kappa shape index (κ3) is 3.89. The van der Waals surface area contributed by atoms with Gasteiger partial charge in [-0.05, 0) is 68.1 Å². The van der Waals surface area contributed by atoms with Crippen LogP contribution in [0.2, 0.25) is 0 Å². The van der Waals surface area contributed by atoms with Crippen LogP contribution in [0.15, 0.2) is 18.2 Å². The quantitative estimate of drug-likeness (QED) is 0.873. The van der Waals surface area contributed by atoms with E-state index in [0.29, 0.717) is 24.8 Å². The molecule has 120 valence electrons. The van der Waals surface area contributed by atoms with Gasteiger partial charge in [0.05, 0.1) is 6.10 Å². The summed E-state index contributed by atoms with van der Waals surface area (Å²) in [7, 11) is 0. The number of nitrogens with one attached hydrogen (secondary N) is 1. The molecule has 1 N–H and O–H groups in total. The highest BCUT2D eigenvalue weighted by atomic mass is 16.5. The highest BCUT2D eigenvalue weighted by Gasteiger charge is 2.33. The van der Waals surface area contributed by atoms with E-state index in [9.17, 15) is 4.79 Å². The molecule has 1 aromatic rings. The molecule has 1 amide bonds. The fourth-order valence-electron chi connectivity index (χ4n) is 3.36. The van der Waals surface area contributed by atoms with Gasteiger partial charge in [-0.15, -0.1) is 0 Å². The van der Waals surface area contributed by atoms with E-state index in [-0.39, 0.29) is 12.0 Å². The lowest BCUT2D eigenvalue weighted by molar-refractivity contribution is -0.122. The highest BCUT2D eigenvalue weighted by Crippen LogP contribution is 2.44. The molecular weight excluding hydrogens is 274 g/mol. The van der Waals surface area contributed by atoms with E-state index in [1.165, 1.54) is 29.5 Å². The molecule has 2 unspecified atom stereocenters. The van der Waals surface area contributed by atoms with E-state index in [1.54, 1.807) is 0 Å². The summed E-state index contributed by atoms with van der Waals surface area (Å²) in [5, 5.41) is 3.07. The number of hydrogen-bond donors (Lipinski definition) is 1. The molecule has 2 aliphatic rings. The molecule has 2 atom stereocenters. The number of amides is 1. The second kappa shape index (κ2) is 6.82. The van der Waals surface area contributed by atoms with Crippen LogP contribution in [0.5, 0.6) is 0 Å². The topological polar surface area (TPSA) is 38.3 Å². The Kier molecular flexibility index (Phi) is 4.82. The third-order valence-electron chi connectivity index (χ3n) is 5.11. The van der Waals surface area contributed by atoms with Crippen molar-refractivity contribution in [3.05, 3.63) is 34.9 Å². The maximum atomic E-state index is 12.3. The van der Waals surface area contributed by atoms with Crippen molar-refractivity contribution in [3.8, 4) is 0 Å². The van der Waals surface area contributed by atoms with Gasteiger partial charge in [-0.2, -0.15) is 0 Å². The number of ether oxygens (including phenoxy) is 1. The lowest BCUT2D eigenvalue weighted by atomic mass is 9.89. The minimum atomic E-state index is 0.172. The molecule has 3 nitrogen and oxygen atoms in total. The van der Waals surface area contributed by atoms with Crippen LogP contribution in [-0.4, -0.2) is 25.2 Å². The van der Waals surface area contributed by atoms with Gasteiger partial charge in [0.2, 0.25) is 5.91 Å². The molecule has 0 spiro atoms. The molecule has 1 aliphatic heterocycles. The third-order valence-corrected chi connectivity index (χ3v) is 5.11. The summed E-state index contributed by atoms with van der Waals surface area (Å²) in [6.45, 7) is 5.80. The summed E-state index contributed by atoms with van der Waals surface area (Å²) in [6, 6.07) is 6.66. The zero-order chi connectivity index (χ0) is 15.5. The molecule has 1 saturated carbocycles. The zero-order valence-electron chi connectivity index (χ0n) is 13.7. The molecule has 2 fully saturated rings. The average Bonchev–Trinajstić information content (AvgIpc) is 3.21. The van der Waals surface area contributed by atoms with Gasteiger partial charge >= 0.3 is 0 Å². The highest BCUT2D eigenvalue weighted by molar-refractivity contribution is 5.77. The molecule has 1 heterocycles. The van der Waals surface area contributed by atoms with Gasteiger partial charge in [0.1, 0.15) is 0 Å². The number of rotatable bonds is 6. The van der Waals surface area contributed by atoms with Crippen molar-refractivity contribution in [2.24, 2.45) is 5.92 Å². The summed E-state index contributed by atoms with van der Waals surface area (Å²) in [5.74, 6) is 1.24. The largest absolute Gasteiger partial charge is 0.376 e. The molecule has 3 heteroatoms. The Labute approximate surface area is 133 Å². The monoisotopic (exact) mass is 301 g/mol. The lowest BCUT2D eigenvalue weighted by Gasteiger charge is -2.18. The Morgan fingerprint density at radius 1 is 1.27 bits per heavy atom. The predicted molar refractivity (Wildman–Crippen MR) is 88.0 cm³/mol. The van der Waals surface area contributed by atoms with Gasteiger partial charge in [0.15, 0.2) is 0 Å². The van der Waals surface area contributed by atoms with Crippen molar-refractivity contribution < 1.29 is 9.53 Å². The van der Waals surface area contributed by atoms with Crippen molar-refractivity contribution in [1.29, 1.82) is 0 Å². The van der Waals surface area contributed by atoms with Crippen LogP contribution in [0.3, 0.4) is 0 Å². The lowest BCUT2D eigenvalue weighted by Crippen LogP contribution is -2.32. The summed E-state index contributed by atoms with van der Waals surface area (Å²) >= 11 is 0. The van der Waals surface area contributed by atoms with Gasteiger partial charge < -0.3 is 10.1 Å². The van der Waals surface area contributed by atoms with E-state index in [0.717, 1.165) is 19.4 Å². The SMILES string of the molecule is Cc1ccc(C(CC(=O)NCC2CCCO2)C2CC2)cc1C. The number of aryl methyl sites for hydroxylation is 2. The molecule has 0 radical (unpaired) electrons. The Hall–Kier alpha value is -1.35. The molecule has 3 rings (SSSR count). The maximum Gasteiger partial charge on any atom is 0.220 e. The normalized spacial score (nSPS) is 22.5. The first-order valence-electron chi connectivity index (χ1n) is 8.59. The maximum absolute atomic E-state index is 12.3. The summed E-state index contributed by atoms with van der Waals surface area (Å²) < 4.78 is 5.57. The number of benzene rings is 1. The van der Waals surface area contributed by atoms with Crippen molar-refractivity contribution in [2.75, 3.05) is 13.2 Å². The second-order valence-electron chi connectivity index (χ2n) is 6.93. The van der Waals surface area contributed by atoms with Gasteiger partial charge in [-0.25, -0.2) is 0 Å². The molecule has 22 heavy (non-hydrogen) atoms. The number of hydrogen-bond acceptors (Lipinski definition) is 2. The van der Waals surface area contributed by atoms with Crippen LogP contribution in [0.1, 0.15) is 54.7 Å². The summed E-state index contributed by atoms with van der Waals surface area (Å²) in [5.41, 5.74) is 3.97. The fourth-order valence-corrected chi connectivity index (χ4v) is 3.36. The van der Waals surface area contributed by atoms with Gasteiger partial charge in [0.25, 0.3) is 0 Å². The minimum Gasteiger partial charge on any atom is -0.376 e. The van der Waals surface area contributed by atoms with E-state index < -0.39 is 0 Å². The van der Waals surface area contributed by atoms with Crippen LogP contribution in [0, 0.1) is 19.8 Å². The van der Waals surface area contributed by atoms with E-state index in [4.69, 9.17) is 4.74 Å². The van der Waals surface area contributed by atoms with Gasteiger partial charge in [-0.1, -0.05) is 18.2 Å². The molecule has 0 bridgehead atoms. The van der Waals surface area contributed by atoms with Crippen molar-refractivity contribution in [1.82, 2.24) is 5.32 Å². The minimum absolute atomic E-state index is 0.172. The van der Waals surface area contributed by atoms with Crippen LogP contribution in [0.4, 0.5) is 0 Å². The van der Waals surface area contributed by atoms with Crippen molar-refractivity contribution in [2.45, 2.75) is 58.0 Å².